The molecule has 0 aromatic rings. The molecule has 114 valence electrons. The van der Waals surface area contributed by atoms with Crippen LogP contribution in [0.2, 0.25) is 0 Å². The number of nitroso groups, excluding NO2 is 1. The number of nitrogens with zero attached hydrogens (tertiary/aromatic N) is 1. The fourth-order valence-corrected chi connectivity index (χ4v) is 3.24. The largest absolute Gasteiger partial charge is 0.464 e. The molecule has 0 bridgehead atoms. The van der Waals surface area contributed by atoms with Crippen LogP contribution in [0.3, 0.4) is 0 Å². The summed E-state index contributed by atoms with van der Waals surface area (Å²) in [5.74, 6) is -0.821. The number of ether oxygens (including phenoxy) is 1. The van der Waals surface area contributed by atoms with E-state index in [1.807, 2.05) is 0 Å². The maximum atomic E-state index is 12.1. The number of hydrogen-bond acceptors (Lipinski definition) is 6. The lowest BCUT2D eigenvalue weighted by Gasteiger charge is -2.40. The molecule has 20 heavy (non-hydrogen) atoms. The van der Waals surface area contributed by atoms with E-state index in [0.29, 0.717) is 12.8 Å². The molecule has 2 N–H and O–H groups in total. The molecule has 8 heteroatoms. The number of likely N-dealkylation sites (tertiary alicyclic amines) is 1. The van der Waals surface area contributed by atoms with Crippen LogP contribution in [0.1, 0.15) is 26.7 Å². The summed E-state index contributed by atoms with van der Waals surface area (Å²) >= 11 is 0.847. The van der Waals surface area contributed by atoms with E-state index in [9.17, 15) is 14.5 Å². The monoisotopic (exact) mass is 304 g/mol. The van der Waals surface area contributed by atoms with Gasteiger partial charge in [-0.2, -0.15) is 0 Å². The van der Waals surface area contributed by atoms with Crippen LogP contribution >= 0.6 is 11.9 Å². The summed E-state index contributed by atoms with van der Waals surface area (Å²) in [5.41, 5.74) is 0. The average Bonchev–Trinajstić information content (AvgIpc) is 2.39. The zero-order valence-corrected chi connectivity index (χ0v) is 12.9. The second-order valence-corrected chi connectivity index (χ2v) is 6.22. The van der Waals surface area contributed by atoms with E-state index in [0.717, 1.165) is 25.0 Å². The molecule has 1 aliphatic heterocycles. The molecule has 1 saturated heterocycles. The van der Waals surface area contributed by atoms with Crippen LogP contribution in [0.25, 0.3) is 0 Å². The highest BCUT2D eigenvalue weighted by Gasteiger charge is 2.49. The van der Waals surface area contributed by atoms with E-state index in [4.69, 9.17) is 4.74 Å². The van der Waals surface area contributed by atoms with Crippen molar-refractivity contribution in [1.29, 1.82) is 0 Å². The van der Waals surface area contributed by atoms with Gasteiger partial charge in [0, 0.05) is 36.3 Å². The molecule has 1 fully saturated rings. The normalized spacial score (nSPS) is 27.4. The van der Waals surface area contributed by atoms with Crippen LogP contribution in [0.15, 0.2) is 4.58 Å². The van der Waals surface area contributed by atoms with Gasteiger partial charge >= 0.3 is 5.97 Å². The van der Waals surface area contributed by atoms with E-state index in [2.05, 4.69) is 16.9 Å². The number of hydrogen-bond donors (Lipinski definition) is 2. The topological polar surface area (TPSA) is 89.3 Å². The number of carbonyl (C=O) groups is 2. The first kappa shape index (κ1) is 16.9. The Morgan fingerprint density at radius 2 is 2.05 bits per heavy atom. The van der Waals surface area contributed by atoms with Gasteiger partial charge in [0.2, 0.25) is 5.91 Å². The van der Waals surface area contributed by atoms with Crippen LogP contribution in [0.5, 0.6) is 0 Å². The Balaban J connectivity index is 2.99. The van der Waals surface area contributed by atoms with Crippen molar-refractivity contribution in [3.05, 3.63) is 4.91 Å². The summed E-state index contributed by atoms with van der Waals surface area (Å²) < 4.78 is 7.26. The molecule has 1 amide bonds. The number of rotatable bonds is 6. The van der Waals surface area contributed by atoms with Crippen molar-refractivity contribution in [2.45, 2.75) is 37.5 Å². The number of amides is 1. The van der Waals surface area contributed by atoms with Crippen LogP contribution in [0.4, 0.5) is 0 Å². The first-order valence-electron chi connectivity index (χ1n) is 6.71. The van der Waals surface area contributed by atoms with E-state index < -0.39 is 16.8 Å². The van der Waals surface area contributed by atoms with Crippen molar-refractivity contribution < 1.29 is 19.2 Å². The fraction of sp³-hybridized carbons (Fsp3) is 0.833. The highest BCUT2D eigenvalue weighted by Crippen LogP contribution is 2.38. The number of piperidine rings is 1. The summed E-state index contributed by atoms with van der Waals surface area (Å²) in [6, 6.07) is -0.837. The molecule has 0 aliphatic carbocycles. The third-order valence-electron chi connectivity index (χ3n) is 3.56. The molecule has 1 atom stereocenters. The summed E-state index contributed by atoms with van der Waals surface area (Å²) in [6.07, 6.45) is 1.25. The fourth-order valence-electron chi connectivity index (χ4n) is 2.44. The molecule has 0 spiro atoms. The SMILES string of the molecule is CCOC(=O)C(NC(C)=O)C1(SN=O)CC[NH+](C)CC1. The minimum absolute atomic E-state index is 0.231. The molecule has 1 aliphatic rings. The van der Waals surface area contributed by atoms with E-state index in [1.54, 1.807) is 6.92 Å². The molecule has 1 heterocycles. The predicted octanol–water partition coefficient (Wildman–Crippen LogP) is -0.484. The van der Waals surface area contributed by atoms with Crippen LogP contribution < -0.4 is 10.2 Å². The van der Waals surface area contributed by atoms with Crippen LogP contribution in [-0.2, 0) is 14.3 Å². The molecule has 0 radical (unpaired) electrons. The summed E-state index contributed by atoms with van der Waals surface area (Å²) in [5, 5.41) is 2.63. The van der Waals surface area contributed by atoms with E-state index >= 15 is 0 Å². The zero-order chi connectivity index (χ0) is 15.2. The molecule has 1 rings (SSSR count). The molecular formula is C12H22N3O4S+. The zero-order valence-electron chi connectivity index (χ0n) is 12.1. The lowest BCUT2D eigenvalue weighted by molar-refractivity contribution is -0.885. The Morgan fingerprint density at radius 3 is 2.50 bits per heavy atom. The van der Waals surface area contributed by atoms with Crippen molar-refractivity contribution >= 4 is 23.8 Å². The second-order valence-electron chi connectivity index (χ2n) is 5.07. The number of carbonyl (C=O) groups excluding carboxylic acids is 2. The van der Waals surface area contributed by atoms with Crippen molar-refractivity contribution in [2.75, 3.05) is 26.7 Å². The lowest BCUT2D eigenvalue weighted by Crippen LogP contribution is -3.10. The Morgan fingerprint density at radius 1 is 1.45 bits per heavy atom. The summed E-state index contributed by atoms with van der Waals surface area (Å²) in [4.78, 5) is 35.6. The number of nitrogens with one attached hydrogen (secondary N) is 2. The van der Waals surface area contributed by atoms with Gasteiger partial charge in [0.1, 0.15) is 6.04 Å². The number of quaternary nitrogens is 1. The third kappa shape index (κ3) is 4.17. The Labute approximate surface area is 122 Å². The maximum absolute atomic E-state index is 12.1. The van der Waals surface area contributed by atoms with Crippen LogP contribution in [-0.4, -0.2) is 49.4 Å². The average molecular weight is 304 g/mol. The minimum Gasteiger partial charge on any atom is -0.464 e. The second kappa shape index (κ2) is 7.58. The highest BCUT2D eigenvalue weighted by atomic mass is 32.2. The van der Waals surface area contributed by atoms with Gasteiger partial charge < -0.3 is 15.0 Å². The molecule has 0 aromatic carbocycles. The first-order valence-corrected chi connectivity index (χ1v) is 7.48. The molecule has 0 saturated carbocycles. The quantitative estimate of drug-likeness (QED) is 0.393. The van der Waals surface area contributed by atoms with Crippen molar-refractivity contribution in [3.8, 4) is 0 Å². The highest BCUT2D eigenvalue weighted by molar-refractivity contribution is 7.99. The Hall–Kier alpha value is -1.15. The van der Waals surface area contributed by atoms with Gasteiger partial charge in [-0.1, -0.05) is 0 Å². The molecule has 1 unspecified atom stereocenters. The van der Waals surface area contributed by atoms with Gasteiger partial charge in [0.25, 0.3) is 0 Å². The van der Waals surface area contributed by atoms with Crippen LogP contribution in [0, 0.1) is 4.91 Å². The predicted molar refractivity (Wildman–Crippen MR) is 76.2 cm³/mol. The minimum atomic E-state index is -0.837. The molecule has 7 nitrogen and oxygen atoms in total. The van der Waals surface area contributed by atoms with Gasteiger partial charge in [-0.05, 0) is 6.92 Å². The standard InChI is InChI=1S/C12H21N3O4S/c1-4-19-11(17)10(13-9(2)16)12(20-14-18)5-7-15(3)8-6-12/h10H,4-8H2,1-3H3,(H,13,16)/p+1. The van der Waals surface area contributed by atoms with E-state index in [1.165, 1.54) is 11.8 Å². The maximum Gasteiger partial charge on any atom is 0.330 e. The number of esters is 1. The van der Waals surface area contributed by atoms with Crippen molar-refractivity contribution in [1.82, 2.24) is 5.32 Å². The van der Waals surface area contributed by atoms with Crippen molar-refractivity contribution in [2.24, 2.45) is 4.58 Å². The smallest absolute Gasteiger partial charge is 0.330 e. The Kier molecular flexibility index (Phi) is 6.41. The molecular weight excluding hydrogens is 282 g/mol. The summed E-state index contributed by atoms with van der Waals surface area (Å²) in [6.45, 7) is 4.92. The summed E-state index contributed by atoms with van der Waals surface area (Å²) in [7, 11) is 2.06. The van der Waals surface area contributed by atoms with E-state index in [-0.39, 0.29) is 12.5 Å². The lowest BCUT2D eigenvalue weighted by atomic mass is 9.88. The van der Waals surface area contributed by atoms with Gasteiger partial charge in [0.15, 0.2) is 0 Å². The van der Waals surface area contributed by atoms with Gasteiger partial charge in [-0.25, -0.2) is 4.79 Å². The Bertz CT molecular complexity index is 370. The van der Waals surface area contributed by atoms with Gasteiger partial charge in [-0.3, -0.25) is 4.79 Å². The van der Waals surface area contributed by atoms with Gasteiger partial charge in [0.05, 0.1) is 31.5 Å². The van der Waals surface area contributed by atoms with Crippen molar-refractivity contribution in [3.63, 3.8) is 0 Å². The third-order valence-corrected chi connectivity index (χ3v) is 4.65. The van der Waals surface area contributed by atoms with Gasteiger partial charge in [-0.15, -0.1) is 4.91 Å². The first-order chi connectivity index (χ1) is 9.45. The molecule has 0 aromatic heterocycles.